The van der Waals surface area contributed by atoms with E-state index < -0.39 is 0 Å². The van der Waals surface area contributed by atoms with Crippen LogP contribution in [0, 0.1) is 0 Å². The number of rotatable bonds is 7. The molecule has 0 amide bonds. The molecule has 2 rings (SSSR count). The smallest absolute Gasteiger partial charge is 0.191 e. The molecule has 1 unspecified atom stereocenters. The summed E-state index contributed by atoms with van der Waals surface area (Å²) in [7, 11) is 3.51. The van der Waals surface area contributed by atoms with Crippen molar-refractivity contribution in [3.8, 4) is 0 Å². The van der Waals surface area contributed by atoms with Gasteiger partial charge in [-0.2, -0.15) is 0 Å². The van der Waals surface area contributed by atoms with E-state index in [2.05, 4.69) is 52.0 Å². The van der Waals surface area contributed by atoms with Crippen molar-refractivity contribution in [1.82, 2.24) is 10.6 Å². The summed E-state index contributed by atoms with van der Waals surface area (Å²) in [6.07, 6.45) is 0.970. The third-order valence-corrected chi connectivity index (χ3v) is 3.68. The van der Waals surface area contributed by atoms with Crippen molar-refractivity contribution < 1.29 is 4.74 Å². The van der Waals surface area contributed by atoms with Gasteiger partial charge in [0.15, 0.2) is 5.96 Å². The van der Waals surface area contributed by atoms with E-state index in [1.165, 1.54) is 5.56 Å². The van der Waals surface area contributed by atoms with Gasteiger partial charge in [-0.25, -0.2) is 0 Å². The Bertz CT molecular complexity index is 584. The van der Waals surface area contributed by atoms with Crippen molar-refractivity contribution in [2.45, 2.75) is 12.5 Å². The van der Waals surface area contributed by atoms with Crippen LogP contribution in [-0.2, 0) is 11.2 Å². The Morgan fingerprint density at radius 2 is 1.65 bits per heavy atom. The number of benzene rings is 2. The van der Waals surface area contributed by atoms with E-state index in [0.29, 0.717) is 6.54 Å². The first-order valence-corrected chi connectivity index (χ1v) is 7.89. The van der Waals surface area contributed by atoms with Gasteiger partial charge in [0.05, 0.1) is 6.10 Å². The molecular weight excluding hydrogens is 286 g/mol. The fourth-order valence-electron chi connectivity index (χ4n) is 2.38. The highest BCUT2D eigenvalue weighted by atomic mass is 16.5. The predicted molar refractivity (Wildman–Crippen MR) is 95.7 cm³/mol. The highest BCUT2D eigenvalue weighted by molar-refractivity contribution is 5.79. The Morgan fingerprint density at radius 3 is 2.26 bits per heavy atom. The molecule has 122 valence electrons. The number of methoxy groups -OCH3 is 1. The standard InChI is InChI=1S/C19H25N3O/c1-20-19(21-14-13-16-9-5-3-6-10-16)22-15-18(23-2)17-11-7-4-8-12-17/h3-12,18H,13-15H2,1-2H3,(H2,20,21,22). The topological polar surface area (TPSA) is 45.7 Å². The Labute approximate surface area is 138 Å². The number of hydrogen-bond donors (Lipinski definition) is 2. The molecule has 0 bridgehead atoms. The van der Waals surface area contributed by atoms with Gasteiger partial charge < -0.3 is 15.4 Å². The van der Waals surface area contributed by atoms with Gasteiger partial charge in [0.1, 0.15) is 0 Å². The summed E-state index contributed by atoms with van der Waals surface area (Å²) < 4.78 is 5.56. The van der Waals surface area contributed by atoms with E-state index >= 15 is 0 Å². The summed E-state index contributed by atoms with van der Waals surface area (Å²) >= 11 is 0. The van der Waals surface area contributed by atoms with Gasteiger partial charge >= 0.3 is 0 Å². The summed E-state index contributed by atoms with van der Waals surface area (Å²) in [6.45, 7) is 1.51. The van der Waals surface area contributed by atoms with Crippen LogP contribution in [0.25, 0.3) is 0 Å². The molecule has 23 heavy (non-hydrogen) atoms. The number of nitrogens with one attached hydrogen (secondary N) is 2. The molecule has 0 aliphatic carbocycles. The lowest BCUT2D eigenvalue weighted by atomic mass is 10.1. The third-order valence-electron chi connectivity index (χ3n) is 3.68. The monoisotopic (exact) mass is 311 g/mol. The Balaban J connectivity index is 1.78. The van der Waals surface area contributed by atoms with E-state index in [4.69, 9.17) is 4.74 Å². The molecule has 0 aromatic heterocycles. The molecule has 2 N–H and O–H groups in total. The molecule has 0 radical (unpaired) electrons. The van der Waals surface area contributed by atoms with Gasteiger partial charge in [-0.3, -0.25) is 4.99 Å². The predicted octanol–water partition coefficient (Wildman–Crippen LogP) is 2.78. The van der Waals surface area contributed by atoms with Crippen molar-refractivity contribution in [2.75, 3.05) is 27.2 Å². The summed E-state index contributed by atoms with van der Waals surface area (Å²) in [5, 5.41) is 6.65. The van der Waals surface area contributed by atoms with E-state index in [9.17, 15) is 0 Å². The molecule has 2 aromatic rings. The number of guanidine groups is 1. The largest absolute Gasteiger partial charge is 0.375 e. The average Bonchev–Trinajstić information content (AvgIpc) is 2.62. The quantitative estimate of drug-likeness (QED) is 0.610. The van der Waals surface area contributed by atoms with Crippen molar-refractivity contribution in [1.29, 1.82) is 0 Å². The first-order valence-electron chi connectivity index (χ1n) is 7.89. The highest BCUT2D eigenvalue weighted by Crippen LogP contribution is 2.14. The molecule has 4 heteroatoms. The zero-order valence-electron chi connectivity index (χ0n) is 13.8. The second kappa shape index (κ2) is 9.64. The average molecular weight is 311 g/mol. The van der Waals surface area contributed by atoms with Crippen LogP contribution in [0.15, 0.2) is 65.7 Å². The van der Waals surface area contributed by atoms with Crippen molar-refractivity contribution in [3.05, 3.63) is 71.8 Å². The van der Waals surface area contributed by atoms with E-state index in [-0.39, 0.29) is 6.10 Å². The van der Waals surface area contributed by atoms with Gasteiger partial charge in [-0.05, 0) is 17.5 Å². The van der Waals surface area contributed by atoms with Gasteiger partial charge in [0.25, 0.3) is 0 Å². The molecule has 0 aliphatic heterocycles. The van der Waals surface area contributed by atoms with Crippen LogP contribution in [-0.4, -0.2) is 33.2 Å². The first-order chi connectivity index (χ1) is 11.3. The molecule has 1 atom stereocenters. The first kappa shape index (κ1) is 17.0. The fourth-order valence-corrected chi connectivity index (χ4v) is 2.38. The second-order valence-corrected chi connectivity index (χ2v) is 5.25. The lowest BCUT2D eigenvalue weighted by Crippen LogP contribution is -2.40. The maximum absolute atomic E-state index is 5.56. The molecule has 0 saturated heterocycles. The lowest BCUT2D eigenvalue weighted by Gasteiger charge is -2.18. The summed E-state index contributed by atoms with van der Waals surface area (Å²) in [5.74, 6) is 0.791. The van der Waals surface area contributed by atoms with Crippen LogP contribution >= 0.6 is 0 Å². The van der Waals surface area contributed by atoms with Crippen LogP contribution in [0.4, 0.5) is 0 Å². The molecule has 0 fully saturated rings. The normalized spacial score (nSPS) is 12.7. The number of nitrogens with zero attached hydrogens (tertiary/aromatic N) is 1. The second-order valence-electron chi connectivity index (χ2n) is 5.25. The maximum Gasteiger partial charge on any atom is 0.191 e. The molecular formula is C19H25N3O. The van der Waals surface area contributed by atoms with Crippen molar-refractivity contribution in [2.24, 2.45) is 4.99 Å². The van der Waals surface area contributed by atoms with Gasteiger partial charge in [-0.15, -0.1) is 0 Å². The third kappa shape index (κ3) is 5.75. The van der Waals surface area contributed by atoms with Crippen LogP contribution < -0.4 is 10.6 Å². The van der Waals surface area contributed by atoms with Crippen LogP contribution in [0.2, 0.25) is 0 Å². The minimum absolute atomic E-state index is 0.00359. The summed E-state index contributed by atoms with van der Waals surface area (Å²) in [6, 6.07) is 20.6. The van der Waals surface area contributed by atoms with E-state index in [1.54, 1.807) is 14.2 Å². The summed E-state index contributed by atoms with van der Waals surface area (Å²) in [5.41, 5.74) is 2.47. The Hall–Kier alpha value is -2.33. The number of aliphatic imine (C=N–C) groups is 1. The van der Waals surface area contributed by atoms with Crippen molar-refractivity contribution in [3.63, 3.8) is 0 Å². The van der Waals surface area contributed by atoms with Crippen molar-refractivity contribution >= 4 is 5.96 Å². The highest BCUT2D eigenvalue weighted by Gasteiger charge is 2.10. The molecule has 0 spiro atoms. The molecule has 2 aromatic carbocycles. The van der Waals surface area contributed by atoms with E-state index in [1.807, 2.05) is 24.3 Å². The fraction of sp³-hybridized carbons (Fsp3) is 0.316. The maximum atomic E-state index is 5.56. The zero-order chi connectivity index (χ0) is 16.3. The number of ether oxygens (including phenoxy) is 1. The molecule has 0 saturated carbocycles. The molecule has 4 nitrogen and oxygen atoms in total. The lowest BCUT2D eigenvalue weighted by molar-refractivity contribution is 0.106. The SMILES string of the molecule is CN=C(NCCc1ccccc1)NCC(OC)c1ccccc1. The van der Waals surface area contributed by atoms with Crippen LogP contribution in [0.5, 0.6) is 0 Å². The molecule has 0 aliphatic rings. The Morgan fingerprint density at radius 1 is 1.00 bits per heavy atom. The van der Waals surface area contributed by atoms with Crippen LogP contribution in [0.1, 0.15) is 17.2 Å². The van der Waals surface area contributed by atoms with Gasteiger partial charge in [-0.1, -0.05) is 60.7 Å². The summed E-state index contributed by atoms with van der Waals surface area (Å²) in [4.78, 5) is 4.26. The Kier molecular flexibility index (Phi) is 7.14. The number of hydrogen-bond acceptors (Lipinski definition) is 2. The van der Waals surface area contributed by atoms with Gasteiger partial charge in [0, 0.05) is 27.2 Å². The zero-order valence-corrected chi connectivity index (χ0v) is 13.8. The minimum atomic E-state index is 0.00359. The van der Waals surface area contributed by atoms with Gasteiger partial charge in [0.2, 0.25) is 0 Å². The van der Waals surface area contributed by atoms with E-state index in [0.717, 1.165) is 24.5 Å². The van der Waals surface area contributed by atoms with Crippen LogP contribution in [0.3, 0.4) is 0 Å². The minimum Gasteiger partial charge on any atom is -0.375 e. The molecule has 0 heterocycles.